The highest BCUT2D eigenvalue weighted by Crippen LogP contribution is 2.07. The third kappa shape index (κ3) is 4.96. The SMILES string of the molecule is CC(C)CCc1cn(CCC(C)C)nn1. The van der Waals surface area contributed by atoms with Crippen molar-refractivity contribution in [3.63, 3.8) is 0 Å². The van der Waals surface area contributed by atoms with Gasteiger partial charge in [-0.3, -0.25) is 4.68 Å². The van der Waals surface area contributed by atoms with E-state index in [0.29, 0.717) is 0 Å². The Hall–Kier alpha value is -0.860. The fourth-order valence-corrected chi connectivity index (χ4v) is 1.39. The molecule has 15 heavy (non-hydrogen) atoms. The molecule has 0 aliphatic heterocycles. The third-order valence-corrected chi connectivity index (χ3v) is 2.50. The molecule has 0 atom stereocenters. The van der Waals surface area contributed by atoms with Crippen LogP contribution >= 0.6 is 0 Å². The molecule has 0 bridgehead atoms. The minimum absolute atomic E-state index is 0.730. The van der Waals surface area contributed by atoms with Crippen LogP contribution in [-0.2, 0) is 13.0 Å². The Kier molecular flexibility index (Phi) is 4.79. The van der Waals surface area contributed by atoms with Crippen LogP contribution in [0, 0.1) is 11.8 Å². The van der Waals surface area contributed by atoms with Crippen LogP contribution < -0.4 is 0 Å². The molecule has 0 N–H and O–H groups in total. The average Bonchev–Trinajstić information content (AvgIpc) is 2.59. The van der Waals surface area contributed by atoms with Crippen LogP contribution in [0.3, 0.4) is 0 Å². The van der Waals surface area contributed by atoms with Gasteiger partial charge in [-0.25, -0.2) is 0 Å². The van der Waals surface area contributed by atoms with E-state index in [1.807, 2.05) is 4.68 Å². The van der Waals surface area contributed by atoms with Crippen molar-refractivity contribution in [1.29, 1.82) is 0 Å². The second-order valence-electron chi connectivity index (χ2n) is 5.09. The molecule has 0 aromatic carbocycles. The van der Waals surface area contributed by atoms with Crippen molar-refractivity contribution in [3.05, 3.63) is 11.9 Å². The van der Waals surface area contributed by atoms with Gasteiger partial charge in [-0.15, -0.1) is 5.10 Å². The van der Waals surface area contributed by atoms with Gasteiger partial charge in [0.25, 0.3) is 0 Å². The maximum absolute atomic E-state index is 4.18. The van der Waals surface area contributed by atoms with Crippen LogP contribution in [-0.4, -0.2) is 15.0 Å². The van der Waals surface area contributed by atoms with Crippen LogP contribution in [0.1, 0.15) is 46.2 Å². The topological polar surface area (TPSA) is 30.7 Å². The molecule has 0 spiro atoms. The zero-order valence-corrected chi connectivity index (χ0v) is 10.4. The lowest BCUT2D eigenvalue weighted by molar-refractivity contribution is 0.478. The molecule has 3 heteroatoms. The minimum Gasteiger partial charge on any atom is -0.252 e. The molecular weight excluding hydrogens is 186 g/mol. The lowest BCUT2D eigenvalue weighted by atomic mass is 10.1. The number of aromatic nitrogens is 3. The quantitative estimate of drug-likeness (QED) is 0.721. The van der Waals surface area contributed by atoms with Crippen LogP contribution in [0.2, 0.25) is 0 Å². The summed E-state index contributed by atoms with van der Waals surface area (Å²) in [6.07, 6.45) is 5.51. The first-order valence-electron chi connectivity index (χ1n) is 5.97. The molecule has 86 valence electrons. The highest BCUT2D eigenvalue weighted by molar-refractivity contribution is 4.92. The van der Waals surface area contributed by atoms with Gasteiger partial charge in [0.05, 0.1) is 5.69 Å². The van der Waals surface area contributed by atoms with Gasteiger partial charge in [0.2, 0.25) is 0 Å². The van der Waals surface area contributed by atoms with Crippen molar-refractivity contribution in [2.24, 2.45) is 11.8 Å². The molecule has 0 saturated heterocycles. The Morgan fingerprint density at radius 2 is 1.80 bits per heavy atom. The number of rotatable bonds is 6. The molecule has 1 aromatic heterocycles. The summed E-state index contributed by atoms with van der Waals surface area (Å²) in [5.41, 5.74) is 1.13. The summed E-state index contributed by atoms with van der Waals surface area (Å²) < 4.78 is 1.97. The normalized spacial score (nSPS) is 11.6. The van der Waals surface area contributed by atoms with Crippen molar-refractivity contribution < 1.29 is 0 Å². The molecule has 0 aliphatic carbocycles. The lowest BCUT2D eigenvalue weighted by Crippen LogP contribution is -2.01. The summed E-state index contributed by atoms with van der Waals surface area (Å²) >= 11 is 0. The van der Waals surface area contributed by atoms with Gasteiger partial charge < -0.3 is 0 Å². The molecule has 0 unspecified atom stereocenters. The van der Waals surface area contributed by atoms with Crippen molar-refractivity contribution in [3.8, 4) is 0 Å². The number of aryl methyl sites for hydroxylation is 2. The first kappa shape index (κ1) is 12.2. The molecule has 0 radical (unpaired) electrons. The van der Waals surface area contributed by atoms with Gasteiger partial charge in [0.15, 0.2) is 0 Å². The van der Waals surface area contributed by atoms with E-state index in [0.717, 1.165) is 30.5 Å². The van der Waals surface area contributed by atoms with Crippen molar-refractivity contribution in [2.75, 3.05) is 0 Å². The van der Waals surface area contributed by atoms with Crippen LogP contribution in [0.15, 0.2) is 6.20 Å². The lowest BCUT2D eigenvalue weighted by Gasteiger charge is -2.03. The number of hydrogen-bond donors (Lipinski definition) is 0. The monoisotopic (exact) mass is 209 g/mol. The van der Waals surface area contributed by atoms with Crippen molar-refractivity contribution >= 4 is 0 Å². The smallest absolute Gasteiger partial charge is 0.0827 e. The van der Waals surface area contributed by atoms with Crippen molar-refractivity contribution in [2.45, 2.75) is 53.5 Å². The molecule has 0 aliphatic rings. The van der Waals surface area contributed by atoms with Gasteiger partial charge in [-0.05, 0) is 31.1 Å². The summed E-state index contributed by atoms with van der Waals surface area (Å²) in [5, 5.41) is 8.31. The van der Waals surface area contributed by atoms with Gasteiger partial charge in [0.1, 0.15) is 0 Å². The predicted octanol–water partition coefficient (Wildman–Crippen LogP) is 2.91. The van der Waals surface area contributed by atoms with Crippen LogP contribution in [0.5, 0.6) is 0 Å². The number of nitrogens with zero attached hydrogens (tertiary/aromatic N) is 3. The zero-order valence-electron chi connectivity index (χ0n) is 10.4. The van der Waals surface area contributed by atoms with Gasteiger partial charge in [-0.2, -0.15) is 0 Å². The average molecular weight is 209 g/mol. The third-order valence-electron chi connectivity index (χ3n) is 2.50. The molecule has 0 amide bonds. The standard InChI is InChI=1S/C12H23N3/c1-10(2)5-6-12-9-15(14-13-12)8-7-11(3)4/h9-11H,5-8H2,1-4H3. The van der Waals surface area contributed by atoms with E-state index in [1.165, 1.54) is 12.8 Å². The number of hydrogen-bond acceptors (Lipinski definition) is 2. The summed E-state index contributed by atoms with van der Waals surface area (Å²) in [6, 6.07) is 0. The first-order valence-corrected chi connectivity index (χ1v) is 5.97. The van der Waals surface area contributed by atoms with Crippen molar-refractivity contribution in [1.82, 2.24) is 15.0 Å². The zero-order chi connectivity index (χ0) is 11.3. The molecule has 1 heterocycles. The van der Waals surface area contributed by atoms with E-state index >= 15 is 0 Å². The maximum atomic E-state index is 4.18. The molecule has 1 aromatic rings. The largest absolute Gasteiger partial charge is 0.252 e. The molecular formula is C12H23N3. The molecule has 0 fully saturated rings. The van der Waals surface area contributed by atoms with Crippen LogP contribution in [0.25, 0.3) is 0 Å². The predicted molar refractivity (Wildman–Crippen MR) is 62.6 cm³/mol. The molecule has 0 saturated carbocycles. The van der Waals surface area contributed by atoms with Crippen LogP contribution in [0.4, 0.5) is 0 Å². The summed E-state index contributed by atoms with van der Waals surface area (Å²) in [5.74, 6) is 1.47. The minimum atomic E-state index is 0.730. The Bertz CT molecular complexity index is 250. The molecule has 1 rings (SSSR count). The summed E-state index contributed by atoms with van der Waals surface area (Å²) in [7, 11) is 0. The maximum Gasteiger partial charge on any atom is 0.0827 e. The summed E-state index contributed by atoms with van der Waals surface area (Å²) in [6.45, 7) is 9.94. The molecule has 3 nitrogen and oxygen atoms in total. The fourth-order valence-electron chi connectivity index (χ4n) is 1.39. The summed E-state index contributed by atoms with van der Waals surface area (Å²) in [4.78, 5) is 0. The highest BCUT2D eigenvalue weighted by atomic mass is 15.4. The Labute approximate surface area is 92.9 Å². The highest BCUT2D eigenvalue weighted by Gasteiger charge is 2.03. The van der Waals surface area contributed by atoms with E-state index in [4.69, 9.17) is 0 Å². The second kappa shape index (κ2) is 5.89. The van der Waals surface area contributed by atoms with E-state index in [-0.39, 0.29) is 0 Å². The van der Waals surface area contributed by atoms with E-state index in [9.17, 15) is 0 Å². The van der Waals surface area contributed by atoms with E-state index < -0.39 is 0 Å². The Morgan fingerprint density at radius 3 is 2.40 bits per heavy atom. The Morgan fingerprint density at radius 1 is 1.13 bits per heavy atom. The van der Waals surface area contributed by atoms with Gasteiger partial charge >= 0.3 is 0 Å². The fraction of sp³-hybridized carbons (Fsp3) is 0.833. The van der Waals surface area contributed by atoms with Gasteiger partial charge in [0, 0.05) is 12.7 Å². The van der Waals surface area contributed by atoms with E-state index in [1.54, 1.807) is 0 Å². The Balaban J connectivity index is 2.35. The van der Waals surface area contributed by atoms with E-state index in [2.05, 4.69) is 44.2 Å². The second-order valence-corrected chi connectivity index (χ2v) is 5.09. The first-order chi connectivity index (χ1) is 7.08. The van der Waals surface area contributed by atoms with Gasteiger partial charge in [-0.1, -0.05) is 32.9 Å².